The number of likely N-dealkylation sites (tertiary alicyclic amines) is 1. The fraction of sp³-hybridized carbons (Fsp3) is 0.636. The third-order valence-electron chi connectivity index (χ3n) is 3.42. The Kier molecular flexibility index (Phi) is 4.51. The maximum atomic E-state index is 12.2. The number of aromatic nitrogens is 1. The van der Waals surface area contributed by atoms with Gasteiger partial charge in [-0.15, -0.1) is 11.3 Å². The Balaban J connectivity index is 2.06. The van der Waals surface area contributed by atoms with Crippen LogP contribution in [-0.2, 0) is 10.0 Å². The van der Waals surface area contributed by atoms with Crippen LogP contribution in [0.5, 0.6) is 0 Å². The molecule has 0 bridgehead atoms. The molecule has 0 spiro atoms. The predicted molar refractivity (Wildman–Crippen MR) is 79.4 cm³/mol. The van der Waals surface area contributed by atoms with E-state index in [1.54, 1.807) is 5.38 Å². The van der Waals surface area contributed by atoms with Crippen LogP contribution in [0.2, 0.25) is 0 Å². The molecule has 21 heavy (non-hydrogen) atoms. The van der Waals surface area contributed by atoms with Gasteiger partial charge in [-0.3, -0.25) is 4.79 Å². The Morgan fingerprint density at radius 3 is 2.76 bits per heavy atom. The first-order chi connectivity index (χ1) is 9.70. The smallest absolute Gasteiger partial charge is 0.273 e. The average molecular weight is 334 g/mol. The van der Waals surface area contributed by atoms with Gasteiger partial charge in [0.05, 0.1) is 11.9 Å². The zero-order valence-corrected chi connectivity index (χ0v) is 13.4. The Morgan fingerprint density at radius 2 is 2.24 bits per heavy atom. The molecule has 118 valence electrons. The number of anilines is 1. The topological polar surface area (TPSA) is 117 Å². The van der Waals surface area contributed by atoms with Gasteiger partial charge in [0.25, 0.3) is 5.91 Å². The van der Waals surface area contributed by atoms with Crippen LogP contribution >= 0.6 is 11.3 Å². The molecule has 1 aliphatic rings. The van der Waals surface area contributed by atoms with Gasteiger partial charge in [-0.1, -0.05) is 0 Å². The van der Waals surface area contributed by atoms with E-state index >= 15 is 0 Å². The van der Waals surface area contributed by atoms with E-state index in [2.05, 4.69) is 4.98 Å². The average Bonchev–Trinajstić information content (AvgIpc) is 2.95. The highest BCUT2D eigenvalue weighted by Gasteiger charge is 2.38. The number of thiazole rings is 1. The number of amides is 1. The molecule has 2 rings (SSSR count). The molecule has 8 nitrogen and oxygen atoms in total. The second kappa shape index (κ2) is 5.87. The van der Waals surface area contributed by atoms with Gasteiger partial charge in [-0.25, -0.2) is 17.7 Å². The van der Waals surface area contributed by atoms with Crippen LogP contribution in [0.3, 0.4) is 0 Å². The summed E-state index contributed by atoms with van der Waals surface area (Å²) in [6, 6.07) is 0. The number of β-amino-alcohol motifs (C(OH)–C–C–N with tert-alkyl or cyclic N) is 1. The van der Waals surface area contributed by atoms with Crippen molar-refractivity contribution in [2.45, 2.75) is 6.10 Å². The minimum absolute atomic E-state index is 0.101. The van der Waals surface area contributed by atoms with E-state index in [4.69, 9.17) is 5.73 Å². The summed E-state index contributed by atoms with van der Waals surface area (Å²) in [6.07, 6.45) is -0.861. The molecule has 2 heterocycles. The van der Waals surface area contributed by atoms with E-state index in [9.17, 15) is 18.3 Å². The molecule has 1 fully saturated rings. The van der Waals surface area contributed by atoms with E-state index in [1.807, 2.05) is 0 Å². The zero-order valence-electron chi connectivity index (χ0n) is 11.8. The highest BCUT2D eigenvalue weighted by Crippen LogP contribution is 2.22. The van der Waals surface area contributed by atoms with Crippen molar-refractivity contribution >= 4 is 32.4 Å². The lowest BCUT2D eigenvalue weighted by molar-refractivity contribution is 0.0760. The number of aliphatic hydroxyl groups excluding tert-OH is 1. The minimum atomic E-state index is -3.42. The van der Waals surface area contributed by atoms with Crippen LogP contribution in [0.4, 0.5) is 5.13 Å². The number of nitrogens with zero attached hydrogens (tertiary/aromatic N) is 3. The van der Waals surface area contributed by atoms with Crippen LogP contribution < -0.4 is 5.73 Å². The van der Waals surface area contributed by atoms with Gasteiger partial charge in [0.15, 0.2) is 5.13 Å². The van der Waals surface area contributed by atoms with Crippen LogP contribution in [-0.4, -0.2) is 72.7 Å². The number of nitrogens with two attached hydrogens (primary N) is 1. The summed E-state index contributed by atoms with van der Waals surface area (Å²) in [4.78, 5) is 17.5. The van der Waals surface area contributed by atoms with Crippen LogP contribution in [0, 0.1) is 5.92 Å². The molecule has 1 amide bonds. The number of rotatable bonds is 4. The Morgan fingerprint density at radius 1 is 1.57 bits per heavy atom. The summed E-state index contributed by atoms with van der Waals surface area (Å²) in [5, 5.41) is 11.8. The molecule has 0 aromatic carbocycles. The fourth-order valence-electron chi connectivity index (χ4n) is 2.15. The first-order valence-corrected chi connectivity index (χ1v) is 8.78. The number of nitrogen functional groups attached to an aromatic ring is 1. The molecule has 3 N–H and O–H groups in total. The van der Waals surface area contributed by atoms with Gasteiger partial charge in [0, 0.05) is 38.5 Å². The maximum absolute atomic E-state index is 12.2. The molecule has 1 saturated heterocycles. The van der Waals surface area contributed by atoms with Gasteiger partial charge < -0.3 is 15.7 Å². The van der Waals surface area contributed by atoms with Gasteiger partial charge >= 0.3 is 0 Å². The lowest BCUT2D eigenvalue weighted by atomic mass is 10.1. The van der Waals surface area contributed by atoms with Gasteiger partial charge in [-0.05, 0) is 0 Å². The van der Waals surface area contributed by atoms with Crippen LogP contribution in [0.1, 0.15) is 10.5 Å². The third-order valence-corrected chi connectivity index (χ3v) is 6.05. The summed E-state index contributed by atoms with van der Waals surface area (Å²) in [6.45, 7) is 0.286. The van der Waals surface area contributed by atoms with E-state index in [0.717, 1.165) is 15.6 Å². The summed E-state index contributed by atoms with van der Waals surface area (Å²) < 4.78 is 24.8. The molecule has 1 aromatic heterocycles. The van der Waals surface area contributed by atoms with E-state index in [1.165, 1.54) is 19.0 Å². The number of aliphatic hydroxyl groups is 1. The van der Waals surface area contributed by atoms with E-state index in [0.29, 0.717) is 5.13 Å². The van der Waals surface area contributed by atoms with E-state index in [-0.39, 0.29) is 30.4 Å². The normalized spacial score (nSPS) is 23.0. The lowest BCUT2D eigenvalue weighted by Gasteiger charge is -2.17. The number of carbonyl (C=O) groups excluding carboxylic acids is 1. The van der Waals surface area contributed by atoms with Gasteiger partial charge in [-0.2, -0.15) is 0 Å². The van der Waals surface area contributed by atoms with Crippen molar-refractivity contribution in [2.75, 3.05) is 38.7 Å². The Labute approximate surface area is 127 Å². The second-order valence-electron chi connectivity index (χ2n) is 5.17. The van der Waals surface area contributed by atoms with Crippen molar-refractivity contribution in [3.8, 4) is 0 Å². The first-order valence-electron chi connectivity index (χ1n) is 6.29. The largest absolute Gasteiger partial charge is 0.391 e. The fourth-order valence-corrected chi connectivity index (χ4v) is 3.85. The van der Waals surface area contributed by atoms with Crippen LogP contribution in [0.25, 0.3) is 0 Å². The first kappa shape index (κ1) is 16.1. The maximum Gasteiger partial charge on any atom is 0.273 e. The third kappa shape index (κ3) is 3.51. The van der Waals surface area contributed by atoms with Crippen molar-refractivity contribution in [1.82, 2.24) is 14.2 Å². The number of carbonyl (C=O) groups is 1. The summed E-state index contributed by atoms with van der Waals surface area (Å²) in [5.41, 5.74) is 5.71. The number of hydrogen-bond acceptors (Lipinski definition) is 7. The van der Waals surface area contributed by atoms with Gasteiger partial charge in [0.1, 0.15) is 5.69 Å². The molecular weight excluding hydrogens is 316 g/mol. The molecule has 2 atom stereocenters. The van der Waals surface area contributed by atoms with Crippen molar-refractivity contribution < 1.29 is 18.3 Å². The lowest BCUT2D eigenvalue weighted by Crippen LogP contribution is -2.33. The van der Waals surface area contributed by atoms with Crippen molar-refractivity contribution in [3.63, 3.8) is 0 Å². The zero-order chi connectivity index (χ0) is 15.8. The van der Waals surface area contributed by atoms with E-state index < -0.39 is 22.0 Å². The van der Waals surface area contributed by atoms with Crippen LogP contribution in [0.15, 0.2) is 5.38 Å². The Hall–Kier alpha value is -1.23. The van der Waals surface area contributed by atoms with Crippen molar-refractivity contribution in [3.05, 3.63) is 11.1 Å². The summed E-state index contributed by atoms with van der Waals surface area (Å²) in [7, 11) is -0.538. The predicted octanol–water partition coefficient (Wildman–Crippen LogP) is -0.950. The monoisotopic (exact) mass is 334 g/mol. The van der Waals surface area contributed by atoms with Crippen molar-refractivity contribution in [2.24, 2.45) is 5.92 Å². The molecule has 0 unspecified atom stereocenters. The highest BCUT2D eigenvalue weighted by atomic mass is 32.2. The Bertz CT molecular complexity index is 628. The SMILES string of the molecule is CN(C)S(=O)(=O)C[C@@H]1CN(C(=O)c2csc(N)n2)C[C@@H]1O. The molecule has 0 aliphatic carbocycles. The quantitative estimate of drug-likeness (QED) is 0.733. The molecular formula is C11H18N4O4S2. The highest BCUT2D eigenvalue weighted by molar-refractivity contribution is 7.89. The molecule has 10 heteroatoms. The number of hydrogen-bond donors (Lipinski definition) is 2. The molecule has 0 saturated carbocycles. The molecule has 0 radical (unpaired) electrons. The summed E-state index contributed by atoms with van der Waals surface area (Å²) >= 11 is 1.16. The minimum Gasteiger partial charge on any atom is -0.391 e. The number of sulfonamides is 1. The van der Waals surface area contributed by atoms with Gasteiger partial charge in [0.2, 0.25) is 10.0 Å². The molecule has 1 aromatic rings. The second-order valence-corrected chi connectivity index (χ2v) is 8.29. The molecule has 1 aliphatic heterocycles. The summed E-state index contributed by atoms with van der Waals surface area (Å²) in [5.74, 6) is -1.03. The van der Waals surface area contributed by atoms with Crippen molar-refractivity contribution in [1.29, 1.82) is 0 Å². The standard InChI is InChI=1S/C11H18N4O4S2/c1-14(2)21(18,19)6-7-3-15(4-9(7)16)10(17)8-5-20-11(12)13-8/h5,7,9,16H,3-4,6H2,1-2H3,(H2,12,13)/t7-,9-/m0/s1.